The van der Waals surface area contributed by atoms with Crippen molar-refractivity contribution in [2.45, 2.75) is 27.3 Å². The molecular weight excluding hydrogens is 224 g/mol. The molecule has 1 heterocycles. The molecule has 1 aromatic carbocycles. The van der Waals surface area contributed by atoms with Gasteiger partial charge < -0.3 is 0 Å². The molecule has 94 valence electrons. The normalized spacial score (nSPS) is 10.9. The monoisotopic (exact) mass is 242 g/mol. The largest absolute Gasteiger partial charge is 0.298 e. The summed E-state index contributed by atoms with van der Waals surface area (Å²) < 4.78 is 1.86. The minimum Gasteiger partial charge on any atom is -0.298 e. The van der Waals surface area contributed by atoms with E-state index in [1.807, 2.05) is 42.1 Å². The molecule has 0 atom stereocenters. The van der Waals surface area contributed by atoms with Crippen LogP contribution in [0.4, 0.5) is 0 Å². The van der Waals surface area contributed by atoms with Gasteiger partial charge in [0.15, 0.2) is 6.29 Å². The molecule has 0 aliphatic heterocycles. The highest BCUT2D eigenvalue weighted by Crippen LogP contribution is 2.24. The second kappa shape index (κ2) is 5.17. The van der Waals surface area contributed by atoms with Gasteiger partial charge in [0, 0.05) is 18.3 Å². The number of hydrogen-bond donors (Lipinski definition) is 0. The number of nitrogens with zero attached hydrogens (tertiary/aromatic N) is 2. The van der Waals surface area contributed by atoms with Gasteiger partial charge in [-0.2, -0.15) is 5.10 Å². The highest BCUT2D eigenvalue weighted by atomic mass is 16.1. The molecule has 0 saturated heterocycles. The Hall–Kier alpha value is -1.90. The van der Waals surface area contributed by atoms with E-state index in [4.69, 9.17) is 0 Å². The van der Waals surface area contributed by atoms with Gasteiger partial charge in [-0.05, 0) is 18.4 Å². The molecule has 2 rings (SSSR count). The molecule has 0 fully saturated rings. The summed E-state index contributed by atoms with van der Waals surface area (Å²) in [7, 11) is 0. The molecule has 0 radical (unpaired) electrons. The van der Waals surface area contributed by atoms with Gasteiger partial charge in [-0.15, -0.1) is 0 Å². The third-order valence-corrected chi connectivity index (χ3v) is 2.87. The molecule has 0 aliphatic carbocycles. The van der Waals surface area contributed by atoms with Crippen LogP contribution in [0.1, 0.15) is 29.8 Å². The van der Waals surface area contributed by atoms with Gasteiger partial charge in [-0.3, -0.25) is 9.48 Å². The summed E-state index contributed by atoms with van der Waals surface area (Å²) in [4.78, 5) is 11.2. The summed E-state index contributed by atoms with van der Waals surface area (Å²) in [6.45, 7) is 7.13. The van der Waals surface area contributed by atoms with Crippen LogP contribution in [-0.4, -0.2) is 16.1 Å². The average molecular weight is 242 g/mol. The molecule has 18 heavy (non-hydrogen) atoms. The third kappa shape index (κ3) is 2.50. The highest BCUT2D eigenvalue weighted by Gasteiger charge is 2.12. The van der Waals surface area contributed by atoms with E-state index in [9.17, 15) is 4.79 Å². The standard InChI is InChI=1S/C15H18N2O/c1-11(2)8-17-9-13(10-18)15(16-17)14-7-5-4-6-12(14)3/h4-7,9-11H,8H2,1-3H3. The van der Waals surface area contributed by atoms with Crippen molar-refractivity contribution in [3.63, 3.8) is 0 Å². The molecule has 0 N–H and O–H groups in total. The van der Waals surface area contributed by atoms with Gasteiger partial charge in [-0.25, -0.2) is 0 Å². The van der Waals surface area contributed by atoms with Crippen molar-refractivity contribution in [3.8, 4) is 11.3 Å². The smallest absolute Gasteiger partial charge is 0.153 e. The lowest BCUT2D eigenvalue weighted by atomic mass is 10.0. The van der Waals surface area contributed by atoms with Gasteiger partial charge in [0.25, 0.3) is 0 Å². The van der Waals surface area contributed by atoms with Crippen LogP contribution < -0.4 is 0 Å². The minimum atomic E-state index is 0.508. The molecule has 2 aromatic rings. The van der Waals surface area contributed by atoms with E-state index >= 15 is 0 Å². The highest BCUT2D eigenvalue weighted by molar-refractivity contribution is 5.86. The van der Waals surface area contributed by atoms with Crippen molar-refractivity contribution in [2.24, 2.45) is 5.92 Å². The molecule has 0 amide bonds. The fourth-order valence-electron chi connectivity index (χ4n) is 2.04. The van der Waals surface area contributed by atoms with Crippen LogP contribution in [0.25, 0.3) is 11.3 Å². The Kier molecular flexibility index (Phi) is 3.60. The van der Waals surface area contributed by atoms with E-state index in [-0.39, 0.29) is 0 Å². The molecular formula is C15H18N2O. The predicted molar refractivity (Wildman–Crippen MR) is 72.6 cm³/mol. The lowest BCUT2D eigenvalue weighted by molar-refractivity contribution is 0.112. The quantitative estimate of drug-likeness (QED) is 0.771. The summed E-state index contributed by atoms with van der Waals surface area (Å²) >= 11 is 0. The van der Waals surface area contributed by atoms with Crippen molar-refractivity contribution < 1.29 is 4.79 Å². The molecule has 0 unspecified atom stereocenters. The Morgan fingerprint density at radius 3 is 2.67 bits per heavy atom. The Bertz CT molecular complexity index is 555. The van der Waals surface area contributed by atoms with Crippen LogP contribution in [-0.2, 0) is 6.54 Å². The molecule has 3 nitrogen and oxygen atoms in total. The molecule has 0 aliphatic rings. The Morgan fingerprint density at radius 1 is 1.33 bits per heavy atom. The number of hydrogen-bond acceptors (Lipinski definition) is 2. The van der Waals surface area contributed by atoms with Crippen LogP contribution >= 0.6 is 0 Å². The Morgan fingerprint density at radius 2 is 2.06 bits per heavy atom. The summed E-state index contributed by atoms with van der Waals surface area (Å²) in [5.41, 5.74) is 3.60. The Labute approximate surface area is 107 Å². The second-order valence-corrected chi connectivity index (χ2v) is 4.98. The predicted octanol–water partition coefficient (Wildman–Crippen LogP) is 3.33. The van der Waals surface area contributed by atoms with Crippen LogP contribution in [0, 0.1) is 12.8 Å². The minimum absolute atomic E-state index is 0.508. The fraction of sp³-hybridized carbons (Fsp3) is 0.333. The van der Waals surface area contributed by atoms with Crippen LogP contribution in [0.15, 0.2) is 30.5 Å². The van der Waals surface area contributed by atoms with Crippen molar-refractivity contribution >= 4 is 6.29 Å². The molecule has 0 saturated carbocycles. The number of aromatic nitrogens is 2. The van der Waals surface area contributed by atoms with Gasteiger partial charge in [-0.1, -0.05) is 38.1 Å². The van der Waals surface area contributed by atoms with Gasteiger partial charge in [0.2, 0.25) is 0 Å². The topological polar surface area (TPSA) is 34.9 Å². The molecule has 0 bridgehead atoms. The maximum Gasteiger partial charge on any atom is 0.153 e. The first kappa shape index (κ1) is 12.6. The van der Waals surface area contributed by atoms with E-state index in [1.54, 1.807) is 0 Å². The van der Waals surface area contributed by atoms with Gasteiger partial charge in [0.1, 0.15) is 5.69 Å². The van der Waals surface area contributed by atoms with E-state index in [2.05, 4.69) is 18.9 Å². The lowest BCUT2D eigenvalue weighted by Gasteiger charge is -2.04. The zero-order valence-corrected chi connectivity index (χ0v) is 11.1. The van der Waals surface area contributed by atoms with Crippen molar-refractivity contribution in [2.75, 3.05) is 0 Å². The van der Waals surface area contributed by atoms with Crippen molar-refractivity contribution in [1.82, 2.24) is 9.78 Å². The number of aldehydes is 1. The van der Waals surface area contributed by atoms with E-state index in [1.165, 1.54) is 0 Å². The lowest BCUT2D eigenvalue weighted by Crippen LogP contribution is -2.04. The van der Waals surface area contributed by atoms with E-state index in [0.29, 0.717) is 11.5 Å². The average Bonchev–Trinajstić information content (AvgIpc) is 2.71. The second-order valence-electron chi connectivity index (χ2n) is 4.98. The van der Waals surface area contributed by atoms with E-state index in [0.717, 1.165) is 29.7 Å². The van der Waals surface area contributed by atoms with Crippen LogP contribution in [0.5, 0.6) is 0 Å². The van der Waals surface area contributed by atoms with Crippen molar-refractivity contribution in [3.05, 3.63) is 41.6 Å². The van der Waals surface area contributed by atoms with Gasteiger partial charge >= 0.3 is 0 Å². The zero-order chi connectivity index (χ0) is 13.1. The fourth-order valence-corrected chi connectivity index (χ4v) is 2.04. The molecule has 3 heteroatoms. The summed E-state index contributed by atoms with van der Waals surface area (Å²) in [6.07, 6.45) is 2.71. The van der Waals surface area contributed by atoms with E-state index < -0.39 is 0 Å². The maximum atomic E-state index is 11.2. The van der Waals surface area contributed by atoms with Crippen LogP contribution in [0.3, 0.4) is 0 Å². The number of benzene rings is 1. The first-order chi connectivity index (χ1) is 8.61. The summed E-state index contributed by atoms with van der Waals surface area (Å²) in [5.74, 6) is 0.508. The number of aryl methyl sites for hydroxylation is 1. The van der Waals surface area contributed by atoms with Crippen LogP contribution in [0.2, 0.25) is 0 Å². The number of carbonyl (C=O) groups is 1. The summed E-state index contributed by atoms with van der Waals surface area (Å²) in [5, 5.41) is 4.54. The summed E-state index contributed by atoms with van der Waals surface area (Å²) in [6, 6.07) is 8.00. The first-order valence-electron chi connectivity index (χ1n) is 6.20. The third-order valence-electron chi connectivity index (χ3n) is 2.87. The first-order valence-corrected chi connectivity index (χ1v) is 6.20. The van der Waals surface area contributed by atoms with Gasteiger partial charge in [0.05, 0.1) is 5.56 Å². The number of rotatable bonds is 4. The maximum absolute atomic E-state index is 11.2. The van der Waals surface area contributed by atoms with Crippen molar-refractivity contribution in [1.29, 1.82) is 0 Å². The number of carbonyl (C=O) groups excluding carboxylic acids is 1. The molecule has 0 spiro atoms. The molecule has 1 aromatic heterocycles. The Balaban J connectivity index is 2.47. The zero-order valence-electron chi connectivity index (χ0n) is 11.1. The SMILES string of the molecule is Cc1ccccc1-c1nn(CC(C)C)cc1C=O.